The second-order valence-corrected chi connectivity index (χ2v) is 7.74. The number of para-hydroxylation sites is 2. The Bertz CT molecular complexity index is 1460. The van der Waals surface area contributed by atoms with Gasteiger partial charge < -0.3 is 9.47 Å². The van der Waals surface area contributed by atoms with Crippen molar-refractivity contribution in [1.82, 2.24) is 29.2 Å². The third-order valence-corrected chi connectivity index (χ3v) is 5.47. The van der Waals surface area contributed by atoms with Gasteiger partial charge in [-0.3, -0.25) is 4.79 Å². The highest BCUT2D eigenvalue weighted by atomic mass is 19.1. The zero-order chi connectivity index (χ0) is 22.9. The van der Waals surface area contributed by atoms with Crippen molar-refractivity contribution in [1.29, 1.82) is 0 Å². The van der Waals surface area contributed by atoms with Crippen LogP contribution in [0.2, 0.25) is 0 Å². The molecule has 2 aromatic carbocycles. The number of nitrogens with zero attached hydrogens (tertiary/aromatic N) is 6. The number of aryl methyl sites for hydroxylation is 1. The quantitative estimate of drug-likeness (QED) is 0.408. The topological polar surface area (TPSA) is 68.8 Å². The van der Waals surface area contributed by atoms with Crippen LogP contribution in [0.1, 0.15) is 21.9 Å². The SMILES string of the molecule is Cc1nc(CN(C)C(=O)c2cnn(-c3ccccc3F)c2-n2cccc2)nc2ccccc12. The third kappa shape index (κ3) is 3.76. The molecule has 0 unspecified atom stereocenters. The summed E-state index contributed by atoms with van der Waals surface area (Å²) in [7, 11) is 1.69. The number of hydrogen-bond donors (Lipinski definition) is 0. The van der Waals surface area contributed by atoms with Gasteiger partial charge in [-0.25, -0.2) is 19.0 Å². The van der Waals surface area contributed by atoms with Crippen LogP contribution in [0.25, 0.3) is 22.4 Å². The molecule has 3 heterocycles. The predicted octanol–water partition coefficient (Wildman–Crippen LogP) is 4.33. The molecule has 0 spiro atoms. The lowest BCUT2D eigenvalue weighted by Crippen LogP contribution is -2.28. The van der Waals surface area contributed by atoms with E-state index in [1.165, 1.54) is 16.9 Å². The van der Waals surface area contributed by atoms with Crippen LogP contribution in [-0.4, -0.2) is 42.2 Å². The van der Waals surface area contributed by atoms with Crippen LogP contribution in [-0.2, 0) is 6.54 Å². The maximum atomic E-state index is 14.5. The van der Waals surface area contributed by atoms with Crippen molar-refractivity contribution in [3.05, 3.63) is 102 Å². The first-order valence-corrected chi connectivity index (χ1v) is 10.5. The second kappa shape index (κ2) is 8.31. The summed E-state index contributed by atoms with van der Waals surface area (Å²) in [5.74, 6) is 0.306. The van der Waals surface area contributed by atoms with Gasteiger partial charge >= 0.3 is 0 Å². The van der Waals surface area contributed by atoms with E-state index in [0.717, 1.165) is 16.6 Å². The molecule has 0 N–H and O–H groups in total. The number of rotatable bonds is 5. The smallest absolute Gasteiger partial charge is 0.259 e. The monoisotopic (exact) mass is 440 g/mol. The molecule has 1 amide bonds. The van der Waals surface area contributed by atoms with Crippen molar-refractivity contribution in [3.63, 3.8) is 0 Å². The lowest BCUT2D eigenvalue weighted by Gasteiger charge is -2.18. The Balaban J connectivity index is 1.52. The van der Waals surface area contributed by atoms with Crippen LogP contribution in [0.15, 0.2) is 79.3 Å². The van der Waals surface area contributed by atoms with Gasteiger partial charge in [-0.15, -0.1) is 0 Å². The number of aromatic nitrogens is 5. The Morgan fingerprint density at radius 1 is 1.00 bits per heavy atom. The van der Waals surface area contributed by atoms with Crippen molar-refractivity contribution < 1.29 is 9.18 Å². The molecule has 7 nitrogen and oxygen atoms in total. The van der Waals surface area contributed by atoms with E-state index in [1.54, 1.807) is 47.1 Å². The lowest BCUT2D eigenvalue weighted by molar-refractivity contribution is 0.0781. The van der Waals surface area contributed by atoms with Crippen LogP contribution in [0.3, 0.4) is 0 Å². The Morgan fingerprint density at radius 3 is 2.52 bits per heavy atom. The second-order valence-electron chi connectivity index (χ2n) is 7.74. The van der Waals surface area contributed by atoms with E-state index >= 15 is 0 Å². The van der Waals surface area contributed by atoms with E-state index in [1.807, 2.05) is 43.3 Å². The molecule has 0 aliphatic heterocycles. The first kappa shape index (κ1) is 20.6. The van der Waals surface area contributed by atoms with Gasteiger partial charge in [0.2, 0.25) is 0 Å². The molecule has 0 aliphatic rings. The van der Waals surface area contributed by atoms with Crippen LogP contribution in [0.5, 0.6) is 0 Å². The summed E-state index contributed by atoms with van der Waals surface area (Å²) >= 11 is 0. The molecule has 0 fully saturated rings. The van der Waals surface area contributed by atoms with Crippen molar-refractivity contribution in [2.24, 2.45) is 0 Å². The summed E-state index contributed by atoms with van der Waals surface area (Å²) in [5, 5.41) is 5.33. The minimum atomic E-state index is -0.429. The van der Waals surface area contributed by atoms with Gasteiger partial charge in [0.25, 0.3) is 5.91 Å². The zero-order valence-corrected chi connectivity index (χ0v) is 18.2. The van der Waals surface area contributed by atoms with Gasteiger partial charge in [0.05, 0.1) is 18.3 Å². The number of carbonyl (C=O) groups is 1. The summed E-state index contributed by atoms with van der Waals surface area (Å²) < 4.78 is 17.7. The van der Waals surface area contributed by atoms with Gasteiger partial charge in [-0.1, -0.05) is 30.3 Å². The van der Waals surface area contributed by atoms with E-state index in [0.29, 0.717) is 17.2 Å². The third-order valence-electron chi connectivity index (χ3n) is 5.47. The number of carbonyl (C=O) groups excluding carboxylic acids is 1. The largest absolute Gasteiger partial charge is 0.334 e. The molecule has 3 aromatic heterocycles. The van der Waals surface area contributed by atoms with Crippen LogP contribution >= 0.6 is 0 Å². The Labute approximate surface area is 189 Å². The van der Waals surface area contributed by atoms with Gasteiger partial charge in [-0.05, 0) is 37.3 Å². The molecule has 0 atom stereocenters. The molecule has 0 aliphatic carbocycles. The zero-order valence-electron chi connectivity index (χ0n) is 18.2. The molecule has 5 aromatic rings. The van der Waals surface area contributed by atoms with Crippen LogP contribution < -0.4 is 0 Å². The van der Waals surface area contributed by atoms with Gasteiger partial charge in [0.1, 0.15) is 22.9 Å². The number of benzene rings is 2. The number of hydrogen-bond acceptors (Lipinski definition) is 4. The molecular weight excluding hydrogens is 419 g/mol. The molecular formula is C25H21FN6O. The average molecular weight is 440 g/mol. The standard InChI is InChI=1S/C25H21FN6O/c1-17-18-9-3-5-11-21(18)29-23(28-17)16-30(2)25(33)19-15-27-32(22-12-6-4-10-20(22)26)24(19)31-13-7-8-14-31/h3-15H,16H2,1-2H3. The fraction of sp³-hybridized carbons (Fsp3) is 0.120. The summed E-state index contributed by atoms with van der Waals surface area (Å²) in [6.45, 7) is 2.15. The average Bonchev–Trinajstić information content (AvgIpc) is 3.49. The van der Waals surface area contributed by atoms with E-state index in [-0.39, 0.29) is 18.1 Å². The van der Waals surface area contributed by atoms with Gasteiger partial charge in [-0.2, -0.15) is 5.10 Å². The van der Waals surface area contributed by atoms with E-state index < -0.39 is 5.82 Å². The fourth-order valence-electron chi connectivity index (χ4n) is 3.87. The maximum absolute atomic E-state index is 14.5. The predicted molar refractivity (Wildman–Crippen MR) is 123 cm³/mol. The lowest BCUT2D eigenvalue weighted by atomic mass is 10.2. The first-order valence-electron chi connectivity index (χ1n) is 10.5. The highest BCUT2D eigenvalue weighted by Crippen LogP contribution is 2.23. The van der Waals surface area contributed by atoms with Crippen molar-refractivity contribution >= 4 is 16.8 Å². The van der Waals surface area contributed by atoms with Crippen molar-refractivity contribution in [3.8, 4) is 11.5 Å². The Morgan fingerprint density at radius 2 is 1.73 bits per heavy atom. The number of halogens is 1. The first-order chi connectivity index (χ1) is 16.0. The Hall–Kier alpha value is -4.33. The summed E-state index contributed by atoms with van der Waals surface area (Å²) in [6.07, 6.45) is 5.05. The van der Waals surface area contributed by atoms with Crippen molar-refractivity contribution in [2.75, 3.05) is 7.05 Å². The minimum absolute atomic E-state index is 0.223. The molecule has 0 bridgehead atoms. The molecule has 0 saturated heterocycles. The molecule has 0 saturated carbocycles. The normalized spacial score (nSPS) is 11.1. The van der Waals surface area contributed by atoms with Crippen LogP contribution in [0.4, 0.5) is 4.39 Å². The summed E-state index contributed by atoms with van der Waals surface area (Å²) in [5.41, 5.74) is 2.30. The molecule has 33 heavy (non-hydrogen) atoms. The van der Waals surface area contributed by atoms with E-state index in [2.05, 4.69) is 15.1 Å². The molecule has 0 radical (unpaired) electrons. The summed E-state index contributed by atoms with van der Waals surface area (Å²) in [6, 6.07) is 17.8. The fourth-order valence-corrected chi connectivity index (χ4v) is 3.87. The van der Waals surface area contributed by atoms with Gasteiger partial charge in [0, 0.05) is 30.5 Å². The van der Waals surface area contributed by atoms with Gasteiger partial charge in [0.15, 0.2) is 5.82 Å². The van der Waals surface area contributed by atoms with E-state index in [4.69, 9.17) is 0 Å². The maximum Gasteiger partial charge on any atom is 0.259 e. The Kier molecular flexibility index (Phi) is 5.18. The highest BCUT2D eigenvalue weighted by Gasteiger charge is 2.24. The van der Waals surface area contributed by atoms with Crippen molar-refractivity contribution in [2.45, 2.75) is 13.5 Å². The van der Waals surface area contributed by atoms with E-state index in [9.17, 15) is 9.18 Å². The number of amides is 1. The summed E-state index contributed by atoms with van der Waals surface area (Å²) in [4.78, 5) is 24.2. The minimum Gasteiger partial charge on any atom is -0.334 e. The highest BCUT2D eigenvalue weighted by molar-refractivity contribution is 5.97. The molecule has 8 heteroatoms. The van der Waals surface area contributed by atoms with Crippen LogP contribution in [0, 0.1) is 12.7 Å². The molecule has 164 valence electrons. The number of fused-ring (bicyclic) bond motifs is 1. The molecule has 5 rings (SSSR count).